The van der Waals surface area contributed by atoms with E-state index in [1.807, 2.05) is 0 Å². The SMILES string of the molecule is CNC(=O)c1ccc(/C=C\C(=O)Nc2ccc(Cl)cc2C(=O)NC)cc1. The largest absolute Gasteiger partial charge is 0.355 e. The van der Waals surface area contributed by atoms with E-state index in [9.17, 15) is 14.4 Å². The third-order valence-electron chi connectivity index (χ3n) is 3.54. The van der Waals surface area contributed by atoms with Gasteiger partial charge in [0.25, 0.3) is 11.8 Å². The van der Waals surface area contributed by atoms with E-state index in [0.717, 1.165) is 5.56 Å². The lowest BCUT2D eigenvalue weighted by Crippen LogP contribution is -2.20. The van der Waals surface area contributed by atoms with Crippen molar-refractivity contribution in [1.82, 2.24) is 10.6 Å². The maximum atomic E-state index is 12.1. The molecule has 0 aromatic heterocycles. The molecule has 3 N–H and O–H groups in total. The Balaban J connectivity index is 2.10. The number of carbonyl (C=O) groups excluding carboxylic acids is 3. The van der Waals surface area contributed by atoms with E-state index in [1.165, 1.54) is 19.2 Å². The zero-order valence-electron chi connectivity index (χ0n) is 14.3. The summed E-state index contributed by atoms with van der Waals surface area (Å²) in [5, 5.41) is 8.09. The van der Waals surface area contributed by atoms with E-state index in [1.54, 1.807) is 49.5 Å². The van der Waals surface area contributed by atoms with Crippen molar-refractivity contribution in [2.75, 3.05) is 19.4 Å². The molecule has 0 heterocycles. The van der Waals surface area contributed by atoms with Gasteiger partial charge in [-0.25, -0.2) is 0 Å². The molecule has 2 rings (SSSR count). The third kappa shape index (κ3) is 4.94. The van der Waals surface area contributed by atoms with Gasteiger partial charge in [-0.05, 0) is 42.0 Å². The number of carbonyl (C=O) groups is 3. The van der Waals surface area contributed by atoms with Crippen LogP contribution in [0.4, 0.5) is 5.69 Å². The first-order valence-electron chi connectivity index (χ1n) is 7.77. The van der Waals surface area contributed by atoms with Crippen LogP contribution in [0.2, 0.25) is 5.02 Å². The molecular formula is C19H18ClN3O3. The number of hydrogen-bond acceptors (Lipinski definition) is 3. The van der Waals surface area contributed by atoms with E-state index >= 15 is 0 Å². The Labute approximate surface area is 156 Å². The number of halogens is 1. The zero-order valence-corrected chi connectivity index (χ0v) is 15.1. The van der Waals surface area contributed by atoms with Gasteiger partial charge in [0.2, 0.25) is 5.91 Å². The van der Waals surface area contributed by atoms with Crippen molar-refractivity contribution in [3.05, 3.63) is 70.3 Å². The summed E-state index contributed by atoms with van der Waals surface area (Å²) in [5.41, 5.74) is 1.93. The molecule has 2 aromatic rings. The number of rotatable bonds is 5. The summed E-state index contributed by atoms with van der Waals surface area (Å²) in [6.07, 6.45) is 2.95. The second-order valence-electron chi connectivity index (χ2n) is 5.29. The fraction of sp³-hybridized carbons (Fsp3) is 0.105. The Morgan fingerprint density at radius 2 is 1.58 bits per heavy atom. The van der Waals surface area contributed by atoms with Crippen LogP contribution in [0.25, 0.3) is 6.08 Å². The van der Waals surface area contributed by atoms with E-state index in [-0.39, 0.29) is 17.4 Å². The Morgan fingerprint density at radius 3 is 2.19 bits per heavy atom. The van der Waals surface area contributed by atoms with Crippen molar-refractivity contribution in [3.8, 4) is 0 Å². The lowest BCUT2D eigenvalue weighted by atomic mass is 10.1. The number of amides is 3. The standard InChI is InChI=1S/C19H18ClN3O3/c1-21-18(25)13-6-3-12(4-7-13)5-10-17(24)23-16-9-8-14(20)11-15(16)19(26)22-2/h3-11H,1-2H3,(H,21,25)(H,22,26)(H,23,24)/b10-5-. The topological polar surface area (TPSA) is 87.3 Å². The number of benzene rings is 2. The lowest BCUT2D eigenvalue weighted by molar-refractivity contribution is -0.111. The number of anilines is 1. The maximum Gasteiger partial charge on any atom is 0.253 e. The highest BCUT2D eigenvalue weighted by Gasteiger charge is 2.12. The van der Waals surface area contributed by atoms with Crippen molar-refractivity contribution in [2.24, 2.45) is 0 Å². The highest BCUT2D eigenvalue weighted by molar-refractivity contribution is 6.31. The molecular weight excluding hydrogens is 354 g/mol. The highest BCUT2D eigenvalue weighted by Crippen LogP contribution is 2.21. The summed E-state index contributed by atoms with van der Waals surface area (Å²) in [6.45, 7) is 0. The van der Waals surface area contributed by atoms with Gasteiger partial charge in [-0.3, -0.25) is 14.4 Å². The molecule has 0 fully saturated rings. The Bertz CT molecular complexity index is 861. The maximum absolute atomic E-state index is 12.1. The van der Waals surface area contributed by atoms with Crippen molar-refractivity contribution in [3.63, 3.8) is 0 Å². The molecule has 0 spiro atoms. The Hall–Kier alpha value is -3.12. The molecule has 0 atom stereocenters. The van der Waals surface area contributed by atoms with Crippen LogP contribution in [0.5, 0.6) is 0 Å². The molecule has 2 aromatic carbocycles. The van der Waals surface area contributed by atoms with Crippen molar-refractivity contribution in [1.29, 1.82) is 0 Å². The first-order valence-corrected chi connectivity index (χ1v) is 8.15. The van der Waals surface area contributed by atoms with E-state index in [2.05, 4.69) is 16.0 Å². The molecule has 0 aliphatic heterocycles. The van der Waals surface area contributed by atoms with Crippen LogP contribution >= 0.6 is 11.6 Å². The lowest BCUT2D eigenvalue weighted by Gasteiger charge is -2.09. The van der Waals surface area contributed by atoms with Gasteiger partial charge in [-0.15, -0.1) is 0 Å². The zero-order chi connectivity index (χ0) is 19.1. The Kier molecular flexibility index (Phi) is 6.52. The van der Waals surface area contributed by atoms with Crippen LogP contribution < -0.4 is 16.0 Å². The summed E-state index contributed by atoms with van der Waals surface area (Å²) >= 11 is 5.91. The predicted octanol–water partition coefficient (Wildman–Crippen LogP) is 2.71. The molecule has 0 bridgehead atoms. The van der Waals surface area contributed by atoms with Crippen LogP contribution in [0, 0.1) is 0 Å². The quantitative estimate of drug-likeness (QED) is 0.706. The van der Waals surface area contributed by atoms with Gasteiger partial charge in [0, 0.05) is 30.8 Å². The van der Waals surface area contributed by atoms with E-state index in [0.29, 0.717) is 16.3 Å². The number of nitrogens with one attached hydrogen (secondary N) is 3. The average molecular weight is 372 g/mol. The van der Waals surface area contributed by atoms with Crippen molar-refractivity contribution < 1.29 is 14.4 Å². The minimum atomic E-state index is -0.396. The van der Waals surface area contributed by atoms with Crippen LogP contribution in [0.15, 0.2) is 48.5 Å². The molecule has 0 saturated heterocycles. The van der Waals surface area contributed by atoms with Gasteiger partial charge in [-0.1, -0.05) is 23.7 Å². The van der Waals surface area contributed by atoms with Gasteiger partial charge in [0.05, 0.1) is 11.3 Å². The Morgan fingerprint density at radius 1 is 0.923 bits per heavy atom. The van der Waals surface area contributed by atoms with E-state index < -0.39 is 5.91 Å². The summed E-state index contributed by atoms with van der Waals surface area (Å²) in [4.78, 5) is 35.5. The normalized spacial score (nSPS) is 10.4. The molecule has 0 saturated carbocycles. The monoisotopic (exact) mass is 371 g/mol. The van der Waals surface area contributed by atoms with Crippen molar-refractivity contribution in [2.45, 2.75) is 0 Å². The smallest absolute Gasteiger partial charge is 0.253 e. The molecule has 0 aliphatic carbocycles. The fourth-order valence-corrected chi connectivity index (χ4v) is 2.36. The van der Waals surface area contributed by atoms with Crippen molar-refractivity contribution >= 4 is 41.1 Å². The molecule has 26 heavy (non-hydrogen) atoms. The van der Waals surface area contributed by atoms with Crippen LogP contribution in [-0.4, -0.2) is 31.8 Å². The van der Waals surface area contributed by atoms with Crippen LogP contribution in [0.1, 0.15) is 26.3 Å². The van der Waals surface area contributed by atoms with Gasteiger partial charge in [0.15, 0.2) is 0 Å². The average Bonchev–Trinajstić information content (AvgIpc) is 2.66. The molecule has 6 nitrogen and oxygen atoms in total. The molecule has 7 heteroatoms. The van der Waals surface area contributed by atoms with Gasteiger partial charge in [-0.2, -0.15) is 0 Å². The third-order valence-corrected chi connectivity index (χ3v) is 3.77. The molecule has 0 aliphatic rings. The second-order valence-corrected chi connectivity index (χ2v) is 5.73. The molecule has 0 unspecified atom stereocenters. The predicted molar refractivity (Wildman–Crippen MR) is 102 cm³/mol. The van der Waals surface area contributed by atoms with Gasteiger partial charge < -0.3 is 16.0 Å². The van der Waals surface area contributed by atoms with Crippen LogP contribution in [-0.2, 0) is 4.79 Å². The van der Waals surface area contributed by atoms with Gasteiger partial charge >= 0.3 is 0 Å². The summed E-state index contributed by atoms with van der Waals surface area (Å²) in [6, 6.07) is 11.4. The van der Waals surface area contributed by atoms with E-state index in [4.69, 9.17) is 11.6 Å². The highest BCUT2D eigenvalue weighted by atomic mass is 35.5. The minimum absolute atomic E-state index is 0.178. The minimum Gasteiger partial charge on any atom is -0.355 e. The molecule has 3 amide bonds. The first-order chi connectivity index (χ1) is 12.4. The fourth-order valence-electron chi connectivity index (χ4n) is 2.18. The summed E-state index contributed by atoms with van der Waals surface area (Å²) < 4.78 is 0. The number of hydrogen-bond donors (Lipinski definition) is 3. The van der Waals surface area contributed by atoms with Gasteiger partial charge in [0.1, 0.15) is 0 Å². The first kappa shape index (κ1) is 19.2. The summed E-state index contributed by atoms with van der Waals surface area (Å²) in [5.74, 6) is -0.924. The second kappa shape index (κ2) is 8.82. The van der Waals surface area contributed by atoms with Crippen LogP contribution in [0.3, 0.4) is 0 Å². The molecule has 134 valence electrons. The molecule has 0 radical (unpaired) electrons. The summed E-state index contributed by atoms with van der Waals surface area (Å²) in [7, 11) is 3.06.